The number of rotatable bonds is 3. The van der Waals surface area contributed by atoms with Gasteiger partial charge in [0.25, 0.3) is 0 Å². The van der Waals surface area contributed by atoms with E-state index in [1.807, 2.05) is 19.1 Å². The van der Waals surface area contributed by atoms with Crippen molar-refractivity contribution in [2.45, 2.75) is 25.9 Å². The fourth-order valence-electron chi connectivity index (χ4n) is 2.30. The van der Waals surface area contributed by atoms with Crippen LogP contribution in [0.5, 0.6) is 5.75 Å². The number of nitrogens with zero attached hydrogens (tertiary/aromatic N) is 1. The van der Waals surface area contributed by atoms with Crippen LogP contribution < -0.4 is 10.5 Å². The second-order valence-corrected chi connectivity index (χ2v) is 4.40. The van der Waals surface area contributed by atoms with Crippen LogP contribution >= 0.6 is 0 Å². The van der Waals surface area contributed by atoms with Crippen LogP contribution in [0.4, 0.5) is 0 Å². The van der Waals surface area contributed by atoms with E-state index in [1.165, 1.54) is 11.1 Å². The van der Waals surface area contributed by atoms with Gasteiger partial charge in [0, 0.05) is 13.1 Å². The highest BCUT2D eigenvalue weighted by Gasteiger charge is 2.25. The Bertz CT molecular complexity index is 431. The van der Waals surface area contributed by atoms with Gasteiger partial charge in [-0.3, -0.25) is 9.69 Å². The van der Waals surface area contributed by atoms with E-state index in [2.05, 4.69) is 11.0 Å². The molecule has 1 unspecified atom stereocenters. The van der Waals surface area contributed by atoms with Crippen molar-refractivity contribution >= 4 is 5.91 Å². The van der Waals surface area contributed by atoms with E-state index in [4.69, 9.17) is 10.5 Å². The second-order valence-electron chi connectivity index (χ2n) is 4.40. The quantitative estimate of drug-likeness (QED) is 0.846. The number of nitrogens with two attached hydrogens (primary N) is 1. The normalized spacial score (nSPS) is 17.3. The predicted octanol–water partition coefficient (Wildman–Crippen LogP) is 0.927. The number of carbonyl (C=O) groups excluding carboxylic acids is 1. The number of methoxy groups -OCH3 is 1. The van der Waals surface area contributed by atoms with Crippen molar-refractivity contribution in [2.24, 2.45) is 5.73 Å². The first kappa shape index (κ1) is 11.9. The van der Waals surface area contributed by atoms with Crippen molar-refractivity contribution in [1.82, 2.24) is 4.90 Å². The largest absolute Gasteiger partial charge is 0.496 e. The molecule has 4 nitrogen and oxygen atoms in total. The molecule has 1 aromatic carbocycles. The lowest BCUT2D eigenvalue weighted by atomic mass is 9.97. The van der Waals surface area contributed by atoms with E-state index in [0.717, 1.165) is 25.3 Å². The summed E-state index contributed by atoms with van der Waals surface area (Å²) in [6, 6.07) is 5.83. The number of primary amides is 1. The molecule has 0 saturated heterocycles. The third kappa shape index (κ3) is 2.26. The lowest BCUT2D eigenvalue weighted by Gasteiger charge is -2.32. The Labute approximate surface area is 101 Å². The summed E-state index contributed by atoms with van der Waals surface area (Å²) >= 11 is 0. The zero-order valence-corrected chi connectivity index (χ0v) is 10.3. The van der Waals surface area contributed by atoms with Crippen LogP contribution in [0.1, 0.15) is 18.1 Å². The van der Waals surface area contributed by atoms with E-state index >= 15 is 0 Å². The maximum Gasteiger partial charge on any atom is 0.234 e. The Morgan fingerprint density at radius 2 is 2.29 bits per heavy atom. The molecule has 17 heavy (non-hydrogen) atoms. The molecule has 1 aliphatic rings. The highest BCUT2D eigenvalue weighted by atomic mass is 16.5. The van der Waals surface area contributed by atoms with E-state index in [0.29, 0.717) is 0 Å². The lowest BCUT2D eigenvalue weighted by molar-refractivity contribution is -0.123. The molecule has 0 fully saturated rings. The number of carbonyl (C=O) groups is 1. The molecule has 0 aliphatic carbocycles. The van der Waals surface area contributed by atoms with Gasteiger partial charge in [0.2, 0.25) is 5.91 Å². The van der Waals surface area contributed by atoms with Crippen molar-refractivity contribution in [1.29, 1.82) is 0 Å². The van der Waals surface area contributed by atoms with Crippen LogP contribution in [0, 0.1) is 0 Å². The van der Waals surface area contributed by atoms with Gasteiger partial charge in [0.05, 0.1) is 13.2 Å². The van der Waals surface area contributed by atoms with Gasteiger partial charge in [-0.1, -0.05) is 12.1 Å². The van der Waals surface area contributed by atoms with E-state index < -0.39 is 0 Å². The minimum Gasteiger partial charge on any atom is -0.496 e. The van der Waals surface area contributed by atoms with E-state index in [9.17, 15) is 4.79 Å². The Morgan fingerprint density at radius 3 is 2.94 bits per heavy atom. The molecular formula is C13H18N2O2. The lowest BCUT2D eigenvalue weighted by Crippen LogP contribution is -2.45. The van der Waals surface area contributed by atoms with Crippen LogP contribution in [-0.4, -0.2) is 30.5 Å². The van der Waals surface area contributed by atoms with Crippen molar-refractivity contribution in [3.8, 4) is 5.75 Å². The highest BCUT2D eigenvalue weighted by Crippen LogP contribution is 2.28. The molecule has 0 spiro atoms. The third-order valence-electron chi connectivity index (χ3n) is 3.43. The molecule has 0 bridgehead atoms. The number of ether oxygens (including phenoxy) is 1. The van der Waals surface area contributed by atoms with E-state index in [-0.39, 0.29) is 11.9 Å². The summed E-state index contributed by atoms with van der Waals surface area (Å²) < 4.78 is 5.35. The summed E-state index contributed by atoms with van der Waals surface area (Å²) in [6.07, 6.45) is 0.900. The van der Waals surface area contributed by atoms with Crippen LogP contribution in [0.15, 0.2) is 18.2 Å². The Hall–Kier alpha value is -1.55. The standard InChI is InChI=1S/C13H18N2O2/c1-9(13(14)16)15-7-6-11-10(8-15)4-3-5-12(11)17-2/h3-5,9H,6-8H2,1-2H3,(H2,14,16). The molecule has 1 heterocycles. The predicted molar refractivity (Wildman–Crippen MR) is 65.8 cm³/mol. The number of hydrogen-bond donors (Lipinski definition) is 1. The summed E-state index contributed by atoms with van der Waals surface area (Å²) in [5, 5.41) is 0. The SMILES string of the molecule is COc1cccc2c1CCN(C(C)C(N)=O)C2. The molecule has 92 valence electrons. The summed E-state index contributed by atoms with van der Waals surface area (Å²) in [5.74, 6) is 0.672. The van der Waals surface area contributed by atoms with Crippen LogP contribution in [-0.2, 0) is 17.8 Å². The number of hydrogen-bond acceptors (Lipinski definition) is 3. The summed E-state index contributed by atoms with van der Waals surface area (Å²) in [6.45, 7) is 3.46. The second kappa shape index (κ2) is 4.75. The topological polar surface area (TPSA) is 55.6 Å². The van der Waals surface area contributed by atoms with Gasteiger partial charge in [-0.05, 0) is 30.5 Å². The first-order valence-electron chi connectivity index (χ1n) is 5.81. The zero-order valence-electron chi connectivity index (χ0n) is 10.3. The Balaban J connectivity index is 2.22. The summed E-state index contributed by atoms with van der Waals surface area (Å²) in [5.41, 5.74) is 7.82. The maximum atomic E-state index is 11.2. The molecule has 1 aromatic rings. The molecule has 1 aliphatic heterocycles. The van der Waals surface area contributed by atoms with Gasteiger partial charge >= 0.3 is 0 Å². The van der Waals surface area contributed by atoms with Crippen molar-refractivity contribution < 1.29 is 9.53 Å². The fourth-order valence-corrected chi connectivity index (χ4v) is 2.30. The van der Waals surface area contributed by atoms with Gasteiger partial charge in [-0.25, -0.2) is 0 Å². The minimum atomic E-state index is -0.267. The van der Waals surface area contributed by atoms with Crippen molar-refractivity contribution in [3.63, 3.8) is 0 Å². The van der Waals surface area contributed by atoms with Crippen LogP contribution in [0.2, 0.25) is 0 Å². The average Bonchev–Trinajstić information content (AvgIpc) is 2.36. The molecule has 1 atom stereocenters. The van der Waals surface area contributed by atoms with Crippen molar-refractivity contribution in [2.75, 3.05) is 13.7 Å². The van der Waals surface area contributed by atoms with Gasteiger partial charge < -0.3 is 10.5 Å². The van der Waals surface area contributed by atoms with Gasteiger partial charge in [0.15, 0.2) is 0 Å². The van der Waals surface area contributed by atoms with Crippen LogP contribution in [0.3, 0.4) is 0 Å². The minimum absolute atomic E-state index is 0.214. The molecule has 0 saturated carbocycles. The Morgan fingerprint density at radius 1 is 1.53 bits per heavy atom. The van der Waals surface area contributed by atoms with Crippen molar-refractivity contribution in [3.05, 3.63) is 29.3 Å². The first-order chi connectivity index (χ1) is 8.13. The molecule has 1 amide bonds. The molecule has 2 rings (SSSR count). The monoisotopic (exact) mass is 234 g/mol. The number of benzene rings is 1. The molecular weight excluding hydrogens is 216 g/mol. The smallest absolute Gasteiger partial charge is 0.234 e. The van der Waals surface area contributed by atoms with Crippen LogP contribution in [0.25, 0.3) is 0 Å². The molecule has 0 radical (unpaired) electrons. The molecule has 2 N–H and O–H groups in total. The Kier molecular flexibility index (Phi) is 3.33. The zero-order chi connectivity index (χ0) is 12.4. The maximum absolute atomic E-state index is 11.2. The van der Waals surface area contributed by atoms with Gasteiger partial charge in [-0.15, -0.1) is 0 Å². The molecule has 4 heteroatoms. The van der Waals surface area contributed by atoms with Gasteiger partial charge in [0.1, 0.15) is 5.75 Å². The summed E-state index contributed by atoms with van der Waals surface area (Å²) in [7, 11) is 1.69. The number of amides is 1. The third-order valence-corrected chi connectivity index (χ3v) is 3.43. The first-order valence-corrected chi connectivity index (χ1v) is 5.81. The van der Waals surface area contributed by atoms with Gasteiger partial charge in [-0.2, -0.15) is 0 Å². The summed E-state index contributed by atoms with van der Waals surface area (Å²) in [4.78, 5) is 13.3. The van der Waals surface area contributed by atoms with E-state index in [1.54, 1.807) is 7.11 Å². The molecule has 0 aromatic heterocycles. The fraction of sp³-hybridized carbons (Fsp3) is 0.462. The highest BCUT2D eigenvalue weighted by molar-refractivity contribution is 5.79. The average molecular weight is 234 g/mol. The number of fused-ring (bicyclic) bond motifs is 1.